The molecule has 6 heterocycles. The number of nitrogens with one attached hydrogen (secondary N) is 1. The Labute approximate surface area is 356 Å². The molecule has 4 fully saturated rings. The molecule has 4 aliphatic rings. The molecule has 0 saturated carbocycles. The number of pyridine rings is 1. The van der Waals surface area contributed by atoms with E-state index >= 15 is 13.2 Å². The lowest BCUT2D eigenvalue weighted by Gasteiger charge is -2.38. The van der Waals surface area contributed by atoms with E-state index in [2.05, 4.69) is 68.1 Å². The summed E-state index contributed by atoms with van der Waals surface area (Å²) in [6.45, 7) is 15.5. The Bertz CT molecular complexity index is 2560. The zero-order chi connectivity index (χ0) is 43.0. The van der Waals surface area contributed by atoms with E-state index in [0.29, 0.717) is 48.2 Å². The quantitative estimate of drug-likeness (QED) is 0.0862. The maximum Gasteiger partial charge on any atom is 0.319 e. The van der Waals surface area contributed by atoms with Gasteiger partial charge in [-0.3, -0.25) is 4.90 Å². The molecule has 9 rings (SSSR count). The van der Waals surface area contributed by atoms with E-state index in [1.165, 1.54) is 30.3 Å². The maximum absolute atomic E-state index is 18.0. The molecule has 2 bridgehead atoms. The number of phenolic OH excluding ortho intramolecular Hbond substituents is 1. The van der Waals surface area contributed by atoms with Gasteiger partial charge in [0, 0.05) is 54.7 Å². The van der Waals surface area contributed by atoms with Gasteiger partial charge in [-0.15, -0.1) is 5.54 Å². The molecule has 4 atom stereocenters. The van der Waals surface area contributed by atoms with Crippen molar-refractivity contribution in [2.24, 2.45) is 0 Å². The van der Waals surface area contributed by atoms with Crippen LogP contribution in [0.5, 0.6) is 11.8 Å². The highest BCUT2D eigenvalue weighted by Gasteiger charge is 2.49. The van der Waals surface area contributed by atoms with E-state index < -0.39 is 37.2 Å². The van der Waals surface area contributed by atoms with Gasteiger partial charge in [0.2, 0.25) is 0 Å². The molecule has 0 amide bonds. The number of aromatic hydroxyl groups is 1. The van der Waals surface area contributed by atoms with Gasteiger partial charge in [0.25, 0.3) is 0 Å². The Kier molecular flexibility index (Phi) is 10.8. The number of rotatable bonds is 9. The minimum Gasteiger partial charge on any atom is -0.508 e. The third-order valence-electron chi connectivity index (χ3n) is 14.2. The number of ether oxygens (including phenoxy) is 1. The summed E-state index contributed by atoms with van der Waals surface area (Å²) in [5.74, 6) is 1.59. The summed E-state index contributed by atoms with van der Waals surface area (Å²) in [5, 5.41) is 15.9. The molecule has 2 aromatic heterocycles. The zero-order valence-corrected chi connectivity index (χ0v) is 36.8. The highest BCUT2D eigenvalue weighted by Crippen LogP contribution is 2.45. The van der Waals surface area contributed by atoms with Gasteiger partial charge in [0.15, 0.2) is 5.82 Å². The molecular formula is C48H54F4N6O2Si. The number of hydrogen-bond acceptors (Lipinski definition) is 8. The molecule has 4 saturated heterocycles. The lowest BCUT2D eigenvalue weighted by Crippen LogP contribution is -2.51. The van der Waals surface area contributed by atoms with Gasteiger partial charge in [0.1, 0.15) is 55.3 Å². The Balaban J connectivity index is 1.31. The molecule has 0 unspecified atom stereocenters. The van der Waals surface area contributed by atoms with Crippen molar-refractivity contribution in [1.29, 1.82) is 0 Å². The second kappa shape index (κ2) is 15.8. The summed E-state index contributed by atoms with van der Waals surface area (Å²) in [7, 11) is -2.37. The number of benzene rings is 3. The van der Waals surface area contributed by atoms with Crippen molar-refractivity contribution in [2.45, 2.75) is 114 Å². The molecule has 0 aliphatic carbocycles. The molecule has 0 spiro atoms. The van der Waals surface area contributed by atoms with Crippen LogP contribution in [0.4, 0.5) is 23.4 Å². The van der Waals surface area contributed by atoms with Crippen molar-refractivity contribution in [3.8, 4) is 45.7 Å². The van der Waals surface area contributed by atoms with Gasteiger partial charge in [-0.2, -0.15) is 9.97 Å². The second-order valence-electron chi connectivity index (χ2n) is 18.8. The van der Waals surface area contributed by atoms with E-state index in [1.54, 1.807) is 18.2 Å². The Morgan fingerprint density at radius 3 is 2.34 bits per heavy atom. The minimum absolute atomic E-state index is 0.0612. The highest BCUT2D eigenvalue weighted by atomic mass is 28.3. The van der Waals surface area contributed by atoms with Gasteiger partial charge in [-0.05, 0) is 84.6 Å². The Morgan fingerprint density at radius 1 is 0.902 bits per heavy atom. The molecule has 5 aromatic rings. The number of piperazine rings is 1. The summed E-state index contributed by atoms with van der Waals surface area (Å²) < 4.78 is 70.9. The number of aromatic nitrogens is 3. The molecule has 2 N–H and O–H groups in total. The summed E-state index contributed by atoms with van der Waals surface area (Å²) in [6.07, 6.45) is 3.01. The van der Waals surface area contributed by atoms with Crippen LogP contribution in [0.3, 0.4) is 0 Å². The van der Waals surface area contributed by atoms with Crippen LogP contribution >= 0.6 is 0 Å². The maximum atomic E-state index is 18.0. The average Bonchev–Trinajstić information content (AvgIpc) is 3.87. The van der Waals surface area contributed by atoms with Crippen LogP contribution in [0.15, 0.2) is 48.5 Å². The largest absolute Gasteiger partial charge is 0.508 e. The Hall–Kier alpha value is -4.77. The summed E-state index contributed by atoms with van der Waals surface area (Å²) in [6, 6.07) is 12.0. The summed E-state index contributed by atoms with van der Waals surface area (Å²) in [4.78, 5) is 19.0. The van der Waals surface area contributed by atoms with E-state index in [-0.39, 0.29) is 80.5 Å². The van der Waals surface area contributed by atoms with Crippen molar-refractivity contribution >= 4 is 35.6 Å². The SMILES string of the molecule is CC(C)[Si](C#Cc1c(F)ccc2cc(O)cc(-c3nc(-c4cccc(F)c4)c4c(N5C[C@H]6CC[C@@H](C5)N6)nc(OC[C@@]56CCCN5C[C@H](F)C6)nc4c3F)c12)(C(C)C)C(C)C. The van der Waals surface area contributed by atoms with E-state index in [9.17, 15) is 9.50 Å². The third kappa shape index (κ3) is 7.22. The van der Waals surface area contributed by atoms with Crippen LogP contribution < -0.4 is 15.0 Å². The van der Waals surface area contributed by atoms with Gasteiger partial charge in [-0.1, -0.05) is 65.7 Å². The molecular weight excluding hydrogens is 797 g/mol. The van der Waals surface area contributed by atoms with Crippen LogP contribution in [-0.4, -0.2) is 89.6 Å². The fourth-order valence-electron chi connectivity index (χ4n) is 11.4. The first-order chi connectivity index (χ1) is 29.2. The van der Waals surface area contributed by atoms with E-state index in [0.717, 1.165) is 32.2 Å². The molecule has 3 aromatic carbocycles. The number of alkyl halides is 1. The number of nitrogens with zero attached hydrogens (tertiary/aromatic N) is 5. The predicted molar refractivity (Wildman–Crippen MR) is 236 cm³/mol. The molecule has 61 heavy (non-hydrogen) atoms. The van der Waals surface area contributed by atoms with Crippen LogP contribution in [-0.2, 0) is 0 Å². The lowest BCUT2D eigenvalue weighted by atomic mass is 9.94. The predicted octanol–water partition coefficient (Wildman–Crippen LogP) is 10.1. The molecule has 0 radical (unpaired) electrons. The van der Waals surface area contributed by atoms with Crippen molar-refractivity contribution in [2.75, 3.05) is 37.7 Å². The van der Waals surface area contributed by atoms with Gasteiger partial charge in [0.05, 0.1) is 22.2 Å². The third-order valence-corrected chi connectivity index (χ3v) is 20.5. The van der Waals surface area contributed by atoms with Crippen LogP contribution in [0, 0.1) is 28.9 Å². The standard InChI is InChI=1S/C48H54F4N6O2Si/c1-27(2)61(28(3)4,29(5)6)18-15-37-39(51)14-11-30-20-36(59)21-38(40(30)37)44-42(52)45-41(43(54-44)31-9-7-10-32(49)19-31)46(57-24-34-12-13-35(25-57)53-34)56-47(55-45)60-26-48-16-8-17-58(48)23-33(50)22-48/h7,9-11,14,19-21,27-29,33-35,53,59H,8,12-13,16-17,22-26H2,1-6H3/t33-,34-,35+,48+/m1/s1. The van der Waals surface area contributed by atoms with Gasteiger partial charge >= 0.3 is 6.01 Å². The first-order valence-corrected chi connectivity index (χ1v) is 24.1. The fourth-order valence-corrected chi connectivity index (χ4v) is 16.6. The highest BCUT2D eigenvalue weighted by molar-refractivity contribution is 6.90. The van der Waals surface area contributed by atoms with Crippen LogP contribution in [0.1, 0.15) is 79.2 Å². The van der Waals surface area contributed by atoms with Crippen LogP contribution in [0.2, 0.25) is 16.6 Å². The van der Waals surface area contributed by atoms with Crippen molar-refractivity contribution < 1.29 is 27.4 Å². The van der Waals surface area contributed by atoms with E-state index in [4.69, 9.17) is 19.7 Å². The minimum atomic E-state index is -2.37. The number of phenols is 1. The fraction of sp³-hybridized carbons (Fsp3) is 0.479. The van der Waals surface area contributed by atoms with Gasteiger partial charge in [-0.25, -0.2) is 22.5 Å². The van der Waals surface area contributed by atoms with Crippen molar-refractivity contribution in [3.05, 3.63) is 71.5 Å². The number of fused-ring (bicyclic) bond motifs is 5. The first kappa shape index (κ1) is 41.6. The lowest BCUT2D eigenvalue weighted by molar-refractivity contribution is 0.107. The first-order valence-electron chi connectivity index (χ1n) is 21.9. The van der Waals surface area contributed by atoms with E-state index in [1.807, 2.05) is 0 Å². The van der Waals surface area contributed by atoms with Crippen molar-refractivity contribution in [3.63, 3.8) is 0 Å². The monoisotopic (exact) mass is 850 g/mol. The second-order valence-corrected chi connectivity index (χ2v) is 24.3. The number of halogens is 4. The Morgan fingerprint density at radius 2 is 1.64 bits per heavy atom. The average molecular weight is 851 g/mol. The smallest absolute Gasteiger partial charge is 0.319 e. The van der Waals surface area contributed by atoms with Crippen LogP contribution in [0.25, 0.3) is 44.2 Å². The number of hydrogen-bond donors (Lipinski definition) is 2. The van der Waals surface area contributed by atoms with Gasteiger partial charge < -0.3 is 20.1 Å². The summed E-state index contributed by atoms with van der Waals surface area (Å²) in [5.41, 5.74) is 4.41. The zero-order valence-electron chi connectivity index (χ0n) is 35.8. The molecule has 8 nitrogen and oxygen atoms in total. The van der Waals surface area contributed by atoms with Crippen molar-refractivity contribution in [1.82, 2.24) is 25.2 Å². The molecule has 4 aliphatic heterocycles. The topological polar surface area (TPSA) is 86.6 Å². The molecule has 13 heteroatoms. The number of anilines is 1. The normalized spacial score (nSPS) is 22.8. The molecule has 320 valence electrons. The summed E-state index contributed by atoms with van der Waals surface area (Å²) >= 11 is 0.